The van der Waals surface area contributed by atoms with Crippen molar-refractivity contribution in [2.45, 2.75) is 10.3 Å². The SMILES string of the molecule is Cn1nnnc1Sc1ncc(C=O)cn1. The molecule has 0 spiro atoms. The number of carbonyl (C=O) groups excluding carboxylic acids is 1. The van der Waals surface area contributed by atoms with Gasteiger partial charge in [-0.2, -0.15) is 0 Å². The fraction of sp³-hybridized carbons (Fsp3) is 0.143. The summed E-state index contributed by atoms with van der Waals surface area (Å²) < 4.78 is 1.52. The molecule has 2 aromatic rings. The monoisotopic (exact) mass is 222 g/mol. The van der Waals surface area contributed by atoms with Gasteiger partial charge in [-0.05, 0) is 22.2 Å². The Morgan fingerprint density at radius 1 is 1.40 bits per heavy atom. The molecule has 0 saturated heterocycles. The summed E-state index contributed by atoms with van der Waals surface area (Å²) in [6.07, 6.45) is 3.59. The van der Waals surface area contributed by atoms with E-state index in [4.69, 9.17) is 0 Å². The van der Waals surface area contributed by atoms with Gasteiger partial charge in [0.15, 0.2) is 11.4 Å². The summed E-state index contributed by atoms with van der Waals surface area (Å²) in [4.78, 5) is 18.3. The third-order valence-corrected chi connectivity index (χ3v) is 2.47. The molecule has 15 heavy (non-hydrogen) atoms. The molecule has 0 amide bonds. The van der Waals surface area contributed by atoms with Gasteiger partial charge in [-0.25, -0.2) is 14.6 Å². The molecular formula is C7H6N6OS. The Morgan fingerprint density at radius 3 is 2.67 bits per heavy atom. The maximum absolute atomic E-state index is 10.4. The Bertz CT molecular complexity index is 467. The van der Waals surface area contributed by atoms with E-state index in [-0.39, 0.29) is 0 Å². The second kappa shape index (κ2) is 4.13. The van der Waals surface area contributed by atoms with Crippen LogP contribution in [0.2, 0.25) is 0 Å². The van der Waals surface area contributed by atoms with Crippen LogP contribution in [-0.2, 0) is 7.05 Å². The zero-order valence-electron chi connectivity index (χ0n) is 7.73. The van der Waals surface area contributed by atoms with Gasteiger partial charge in [-0.15, -0.1) is 5.10 Å². The first-order valence-corrected chi connectivity index (χ1v) is 4.78. The van der Waals surface area contributed by atoms with E-state index in [1.54, 1.807) is 7.05 Å². The molecule has 0 N–H and O–H groups in total. The molecule has 0 bridgehead atoms. The number of tetrazole rings is 1. The molecule has 0 fully saturated rings. The second-order valence-corrected chi connectivity index (χ2v) is 3.54. The van der Waals surface area contributed by atoms with Gasteiger partial charge in [-0.1, -0.05) is 0 Å². The highest BCUT2D eigenvalue weighted by Crippen LogP contribution is 2.19. The van der Waals surface area contributed by atoms with Gasteiger partial charge in [0.2, 0.25) is 5.16 Å². The minimum atomic E-state index is 0.440. The summed E-state index contributed by atoms with van der Waals surface area (Å²) >= 11 is 1.23. The number of hydrogen-bond acceptors (Lipinski definition) is 7. The van der Waals surface area contributed by atoms with Crippen LogP contribution in [0.25, 0.3) is 0 Å². The van der Waals surface area contributed by atoms with E-state index in [2.05, 4.69) is 25.5 Å². The molecule has 0 unspecified atom stereocenters. The quantitative estimate of drug-likeness (QED) is 0.532. The van der Waals surface area contributed by atoms with Gasteiger partial charge in [0.05, 0.1) is 5.56 Å². The molecule has 0 aromatic carbocycles. The number of aryl methyl sites for hydroxylation is 1. The van der Waals surface area contributed by atoms with Crippen LogP contribution < -0.4 is 0 Å². The smallest absolute Gasteiger partial charge is 0.216 e. The molecule has 76 valence electrons. The van der Waals surface area contributed by atoms with Crippen LogP contribution in [0.1, 0.15) is 10.4 Å². The van der Waals surface area contributed by atoms with Gasteiger partial charge >= 0.3 is 0 Å². The topological polar surface area (TPSA) is 86.5 Å². The van der Waals surface area contributed by atoms with Gasteiger partial charge in [0, 0.05) is 19.4 Å². The van der Waals surface area contributed by atoms with E-state index in [9.17, 15) is 4.79 Å². The molecule has 8 heteroatoms. The van der Waals surface area contributed by atoms with Crippen molar-refractivity contribution < 1.29 is 4.79 Å². The fourth-order valence-corrected chi connectivity index (χ4v) is 1.45. The van der Waals surface area contributed by atoms with Crippen LogP contribution in [0.5, 0.6) is 0 Å². The first-order valence-electron chi connectivity index (χ1n) is 3.97. The van der Waals surface area contributed by atoms with Crippen molar-refractivity contribution in [3.05, 3.63) is 18.0 Å². The van der Waals surface area contributed by atoms with E-state index in [0.29, 0.717) is 22.2 Å². The van der Waals surface area contributed by atoms with Crippen LogP contribution in [0.15, 0.2) is 22.7 Å². The highest BCUT2D eigenvalue weighted by atomic mass is 32.2. The summed E-state index contributed by atoms with van der Waals surface area (Å²) in [5, 5.41) is 12.0. The molecule has 0 aliphatic rings. The van der Waals surface area contributed by atoms with E-state index < -0.39 is 0 Å². The fourth-order valence-electron chi connectivity index (χ4n) is 0.829. The van der Waals surface area contributed by atoms with Crippen molar-refractivity contribution in [1.29, 1.82) is 0 Å². The molecule has 2 rings (SSSR count). The van der Waals surface area contributed by atoms with Crippen molar-refractivity contribution in [1.82, 2.24) is 30.2 Å². The van der Waals surface area contributed by atoms with Crippen LogP contribution in [0, 0.1) is 0 Å². The molecular weight excluding hydrogens is 216 g/mol. The number of nitrogens with zero attached hydrogens (tertiary/aromatic N) is 6. The van der Waals surface area contributed by atoms with Gasteiger partial charge in [0.1, 0.15) is 0 Å². The standard InChI is InChI=1S/C7H6N6OS/c1-13-7(10-11-12-13)15-6-8-2-5(4-14)3-9-6/h2-4H,1H3. The highest BCUT2D eigenvalue weighted by Gasteiger charge is 2.06. The van der Waals surface area contributed by atoms with E-state index >= 15 is 0 Å². The van der Waals surface area contributed by atoms with Crippen molar-refractivity contribution in [3.8, 4) is 0 Å². The lowest BCUT2D eigenvalue weighted by molar-refractivity contribution is 0.112. The summed E-state index contributed by atoms with van der Waals surface area (Å²) in [6.45, 7) is 0. The number of carbonyl (C=O) groups is 1. The average molecular weight is 222 g/mol. The predicted molar refractivity (Wildman–Crippen MR) is 50.3 cm³/mol. The molecule has 7 nitrogen and oxygen atoms in total. The second-order valence-electron chi connectivity index (χ2n) is 2.60. The highest BCUT2D eigenvalue weighted by molar-refractivity contribution is 7.99. The molecule has 0 radical (unpaired) electrons. The average Bonchev–Trinajstić information content (AvgIpc) is 2.66. The van der Waals surface area contributed by atoms with Gasteiger partial charge in [-0.3, -0.25) is 4.79 Å². The third kappa shape index (κ3) is 2.15. The Balaban J connectivity index is 2.18. The number of rotatable bonds is 3. The third-order valence-electron chi connectivity index (χ3n) is 1.55. The van der Waals surface area contributed by atoms with E-state index in [1.165, 1.54) is 28.8 Å². The van der Waals surface area contributed by atoms with Gasteiger partial charge < -0.3 is 0 Å². The predicted octanol–water partition coefficient (Wildman–Crippen LogP) is -0.0362. The molecule has 0 aliphatic heterocycles. The Morgan fingerprint density at radius 2 is 2.13 bits per heavy atom. The van der Waals surface area contributed by atoms with Gasteiger partial charge in [0.25, 0.3) is 0 Å². The summed E-state index contributed by atoms with van der Waals surface area (Å²) in [5.41, 5.74) is 0.440. The maximum Gasteiger partial charge on any atom is 0.216 e. The number of hydrogen-bond donors (Lipinski definition) is 0. The molecule has 2 aromatic heterocycles. The molecule has 0 aliphatic carbocycles. The molecule has 0 saturated carbocycles. The lowest BCUT2D eigenvalue weighted by Gasteiger charge is -1.96. The van der Waals surface area contributed by atoms with Crippen LogP contribution >= 0.6 is 11.8 Å². The first-order chi connectivity index (χ1) is 7.29. The Hall–Kier alpha value is -1.83. The maximum atomic E-state index is 10.4. The summed E-state index contributed by atoms with van der Waals surface area (Å²) in [5.74, 6) is 0. The van der Waals surface area contributed by atoms with Crippen LogP contribution in [-0.4, -0.2) is 36.5 Å². The summed E-state index contributed by atoms with van der Waals surface area (Å²) in [7, 11) is 1.72. The normalized spacial score (nSPS) is 10.2. The Labute approximate surface area is 88.9 Å². The van der Waals surface area contributed by atoms with Crippen LogP contribution in [0.3, 0.4) is 0 Å². The van der Waals surface area contributed by atoms with Crippen molar-refractivity contribution in [3.63, 3.8) is 0 Å². The first kappa shape index (κ1) is 9.71. The van der Waals surface area contributed by atoms with Crippen molar-refractivity contribution in [2.24, 2.45) is 7.05 Å². The zero-order chi connectivity index (χ0) is 10.7. The van der Waals surface area contributed by atoms with Crippen molar-refractivity contribution in [2.75, 3.05) is 0 Å². The lowest BCUT2D eigenvalue weighted by atomic mass is 10.4. The van der Waals surface area contributed by atoms with E-state index in [0.717, 1.165) is 0 Å². The minimum absolute atomic E-state index is 0.440. The minimum Gasteiger partial charge on any atom is -0.298 e. The number of aldehydes is 1. The van der Waals surface area contributed by atoms with Crippen molar-refractivity contribution >= 4 is 18.0 Å². The van der Waals surface area contributed by atoms with Crippen LogP contribution in [0.4, 0.5) is 0 Å². The molecule has 0 atom stereocenters. The molecule has 2 heterocycles. The zero-order valence-corrected chi connectivity index (χ0v) is 8.55. The lowest BCUT2D eigenvalue weighted by Crippen LogP contribution is -1.95. The van der Waals surface area contributed by atoms with E-state index in [1.807, 2.05) is 0 Å². The largest absolute Gasteiger partial charge is 0.298 e. The Kier molecular flexibility index (Phi) is 2.68. The summed E-state index contributed by atoms with van der Waals surface area (Å²) in [6, 6.07) is 0. The number of aromatic nitrogens is 6.